The molecule has 0 fully saturated rings. The summed E-state index contributed by atoms with van der Waals surface area (Å²) in [5, 5.41) is 7.54. The molecule has 0 aliphatic heterocycles. The molecule has 108 valence electrons. The third-order valence-electron chi connectivity index (χ3n) is 2.95. The van der Waals surface area contributed by atoms with Crippen LogP contribution in [0.4, 0.5) is 4.79 Å². The Morgan fingerprint density at radius 3 is 2.95 bits per heavy atom. The first-order valence-electron chi connectivity index (χ1n) is 6.62. The highest BCUT2D eigenvalue weighted by molar-refractivity contribution is 7.07. The van der Waals surface area contributed by atoms with Gasteiger partial charge < -0.3 is 15.2 Å². The Morgan fingerprint density at radius 2 is 2.25 bits per heavy atom. The van der Waals surface area contributed by atoms with E-state index in [1.54, 1.807) is 11.7 Å². The zero-order valence-electron chi connectivity index (χ0n) is 11.5. The molecule has 0 radical (unpaired) electrons. The average Bonchev–Trinajstić information content (AvgIpc) is 3.08. The summed E-state index contributed by atoms with van der Waals surface area (Å²) >= 11 is 1.53. The Morgan fingerprint density at radius 1 is 1.35 bits per heavy atom. The van der Waals surface area contributed by atoms with Crippen molar-refractivity contribution in [3.05, 3.63) is 34.8 Å². The number of nitrogens with zero attached hydrogens (tertiary/aromatic N) is 3. The number of nitrogens with one attached hydrogen (secondary N) is 2. The van der Waals surface area contributed by atoms with Crippen molar-refractivity contribution in [3.8, 4) is 0 Å². The minimum atomic E-state index is -0.142. The van der Waals surface area contributed by atoms with Crippen LogP contribution >= 0.6 is 11.3 Å². The van der Waals surface area contributed by atoms with Crippen molar-refractivity contribution in [1.82, 2.24) is 25.2 Å². The minimum Gasteiger partial charge on any atom is -0.338 e. The Labute approximate surface area is 122 Å². The van der Waals surface area contributed by atoms with Crippen molar-refractivity contribution in [3.63, 3.8) is 0 Å². The molecule has 2 heterocycles. The maximum Gasteiger partial charge on any atom is 0.315 e. The van der Waals surface area contributed by atoms with E-state index in [2.05, 4.69) is 25.2 Å². The van der Waals surface area contributed by atoms with Gasteiger partial charge in [-0.25, -0.2) is 14.8 Å². The molecule has 2 aromatic rings. The highest BCUT2D eigenvalue weighted by atomic mass is 32.1. The van der Waals surface area contributed by atoms with Crippen molar-refractivity contribution in [2.45, 2.75) is 32.9 Å². The number of aryl methyl sites for hydroxylation is 2. The number of aromatic nitrogens is 3. The third kappa shape index (κ3) is 4.65. The normalized spacial score (nSPS) is 10.4. The van der Waals surface area contributed by atoms with Crippen LogP contribution in [0, 0.1) is 6.92 Å². The van der Waals surface area contributed by atoms with Crippen LogP contribution in [0.25, 0.3) is 0 Å². The molecule has 0 aliphatic rings. The molecule has 20 heavy (non-hydrogen) atoms. The maximum absolute atomic E-state index is 11.5. The third-order valence-corrected chi connectivity index (χ3v) is 3.58. The first-order chi connectivity index (χ1) is 9.75. The molecule has 0 spiro atoms. The molecule has 2 N–H and O–H groups in total. The van der Waals surface area contributed by atoms with Crippen LogP contribution in [0.2, 0.25) is 0 Å². The molecule has 2 amide bonds. The van der Waals surface area contributed by atoms with Gasteiger partial charge in [0, 0.05) is 30.9 Å². The summed E-state index contributed by atoms with van der Waals surface area (Å²) in [5.41, 5.74) is 2.65. The van der Waals surface area contributed by atoms with Gasteiger partial charge in [0.25, 0.3) is 0 Å². The first kappa shape index (κ1) is 14.5. The fourth-order valence-corrected chi connectivity index (χ4v) is 2.37. The molecule has 2 rings (SSSR count). The van der Waals surface area contributed by atoms with Crippen LogP contribution in [-0.4, -0.2) is 27.1 Å². The zero-order valence-corrected chi connectivity index (χ0v) is 12.3. The molecule has 0 unspecified atom stereocenters. The van der Waals surface area contributed by atoms with Gasteiger partial charge in [-0.3, -0.25) is 0 Å². The fourth-order valence-electron chi connectivity index (χ4n) is 1.81. The lowest BCUT2D eigenvalue weighted by Crippen LogP contribution is -2.35. The van der Waals surface area contributed by atoms with Gasteiger partial charge in [0.1, 0.15) is 5.82 Å². The van der Waals surface area contributed by atoms with Gasteiger partial charge >= 0.3 is 6.03 Å². The van der Waals surface area contributed by atoms with E-state index in [9.17, 15) is 4.79 Å². The summed E-state index contributed by atoms with van der Waals surface area (Å²) in [4.78, 5) is 19.8. The van der Waals surface area contributed by atoms with E-state index in [1.807, 2.05) is 18.5 Å². The molecule has 0 aromatic carbocycles. The number of urea groups is 1. The standard InChI is InChI=1S/C13H19N5OS/c1-11-14-5-7-18(11)6-3-2-4-15-13(19)16-8-12-9-20-10-17-12/h5,7,9-10H,2-4,6,8H2,1H3,(H2,15,16,19). The Balaban J connectivity index is 1.52. The Bertz CT molecular complexity index is 523. The molecule has 0 aliphatic carbocycles. The van der Waals surface area contributed by atoms with Gasteiger partial charge in [0.2, 0.25) is 0 Å². The van der Waals surface area contributed by atoms with Gasteiger partial charge in [0.15, 0.2) is 0 Å². The SMILES string of the molecule is Cc1nccn1CCCCNC(=O)NCc1cscn1. The highest BCUT2D eigenvalue weighted by Crippen LogP contribution is 2.00. The topological polar surface area (TPSA) is 71.8 Å². The minimum absolute atomic E-state index is 0.142. The summed E-state index contributed by atoms with van der Waals surface area (Å²) in [6.45, 7) is 4.08. The number of hydrogen-bond acceptors (Lipinski definition) is 4. The van der Waals surface area contributed by atoms with Crippen molar-refractivity contribution in [2.24, 2.45) is 0 Å². The largest absolute Gasteiger partial charge is 0.338 e. The highest BCUT2D eigenvalue weighted by Gasteiger charge is 2.01. The number of amides is 2. The van der Waals surface area contributed by atoms with Crippen LogP contribution in [-0.2, 0) is 13.1 Å². The van der Waals surface area contributed by atoms with Gasteiger partial charge in [-0.2, -0.15) is 0 Å². The van der Waals surface area contributed by atoms with E-state index in [1.165, 1.54) is 11.3 Å². The summed E-state index contributed by atoms with van der Waals surface area (Å²) < 4.78 is 2.11. The number of thiazole rings is 1. The van der Waals surface area contributed by atoms with Gasteiger partial charge in [-0.05, 0) is 19.8 Å². The molecule has 6 nitrogen and oxygen atoms in total. The lowest BCUT2D eigenvalue weighted by Gasteiger charge is -2.07. The summed E-state index contributed by atoms with van der Waals surface area (Å²) in [6, 6.07) is -0.142. The number of hydrogen-bond donors (Lipinski definition) is 2. The van der Waals surface area contributed by atoms with Crippen LogP contribution < -0.4 is 10.6 Å². The van der Waals surface area contributed by atoms with Crippen molar-refractivity contribution in [2.75, 3.05) is 6.54 Å². The van der Waals surface area contributed by atoms with Crippen LogP contribution in [0.15, 0.2) is 23.3 Å². The summed E-state index contributed by atoms with van der Waals surface area (Å²) in [5.74, 6) is 1.03. The smallest absolute Gasteiger partial charge is 0.315 e. The Kier molecular flexibility index (Phi) is 5.55. The lowest BCUT2D eigenvalue weighted by molar-refractivity contribution is 0.240. The predicted molar refractivity (Wildman–Crippen MR) is 78.6 cm³/mol. The molecular formula is C13H19N5OS. The lowest BCUT2D eigenvalue weighted by atomic mass is 10.3. The monoisotopic (exact) mass is 293 g/mol. The van der Waals surface area contributed by atoms with E-state index >= 15 is 0 Å². The van der Waals surface area contributed by atoms with Crippen LogP contribution in [0.5, 0.6) is 0 Å². The number of imidazole rings is 1. The number of unbranched alkanes of at least 4 members (excludes halogenated alkanes) is 1. The molecule has 2 aromatic heterocycles. The van der Waals surface area contributed by atoms with E-state index in [0.29, 0.717) is 13.1 Å². The van der Waals surface area contributed by atoms with Crippen LogP contribution in [0.3, 0.4) is 0 Å². The molecular weight excluding hydrogens is 274 g/mol. The van der Waals surface area contributed by atoms with Crippen LogP contribution in [0.1, 0.15) is 24.4 Å². The van der Waals surface area contributed by atoms with E-state index in [-0.39, 0.29) is 6.03 Å². The van der Waals surface area contributed by atoms with Gasteiger partial charge in [-0.15, -0.1) is 11.3 Å². The quantitative estimate of drug-likeness (QED) is 0.766. The average molecular weight is 293 g/mol. The first-order valence-corrected chi connectivity index (χ1v) is 7.56. The van der Waals surface area contributed by atoms with Crippen molar-refractivity contribution >= 4 is 17.4 Å². The number of carbonyl (C=O) groups is 1. The summed E-state index contributed by atoms with van der Waals surface area (Å²) in [6.07, 6.45) is 5.74. The zero-order chi connectivity index (χ0) is 14.2. The molecule has 0 saturated carbocycles. The van der Waals surface area contributed by atoms with E-state index in [4.69, 9.17) is 0 Å². The number of carbonyl (C=O) groups excluding carboxylic acids is 1. The second-order valence-electron chi connectivity index (χ2n) is 4.46. The summed E-state index contributed by atoms with van der Waals surface area (Å²) in [7, 11) is 0. The fraction of sp³-hybridized carbons (Fsp3) is 0.462. The maximum atomic E-state index is 11.5. The molecule has 0 atom stereocenters. The predicted octanol–water partition coefficient (Wildman–Crippen LogP) is 1.93. The second kappa shape index (κ2) is 7.64. The molecule has 0 saturated heterocycles. The van der Waals surface area contributed by atoms with E-state index in [0.717, 1.165) is 30.9 Å². The molecule has 0 bridgehead atoms. The van der Waals surface area contributed by atoms with E-state index < -0.39 is 0 Å². The second-order valence-corrected chi connectivity index (χ2v) is 5.18. The van der Waals surface area contributed by atoms with Crippen molar-refractivity contribution in [1.29, 1.82) is 0 Å². The molecule has 7 heteroatoms. The number of rotatable bonds is 7. The Hall–Kier alpha value is -1.89. The van der Waals surface area contributed by atoms with Gasteiger partial charge in [-0.1, -0.05) is 0 Å². The van der Waals surface area contributed by atoms with Crippen molar-refractivity contribution < 1.29 is 4.79 Å². The van der Waals surface area contributed by atoms with Gasteiger partial charge in [0.05, 0.1) is 17.7 Å².